The highest BCUT2D eigenvalue weighted by atomic mass is 16.6. The molecule has 0 heterocycles. The fourth-order valence-electron chi connectivity index (χ4n) is 9.37. The minimum atomic E-state index is -0.794. The van der Waals surface area contributed by atoms with E-state index in [2.05, 4.69) is 142 Å². The summed E-state index contributed by atoms with van der Waals surface area (Å²) >= 11 is 0. The Balaban J connectivity index is 4.38. The largest absolute Gasteiger partial charge is 0.462 e. The SMILES string of the molecule is CC/C=C\C/C=C\C/C=C\C/C=C\C/C=C\C/C=C\C/C=C\C/C=C\CCCCCCC(=O)OCC(COC(=O)CCCCCCCCCCCCCCC)OC(=O)CCCCCCCCCCC/C=C\C/C=C\CCCCCCC. The maximum Gasteiger partial charge on any atom is 0.306 e. The van der Waals surface area contributed by atoms with Gasteiger partial charge in [-0.05, 0) is 116 Å². The van der Waals surface area contributed by atoms with Gasteiger partial charge in [0.1, 0.15) is 13.2 Å². The van der Waals surface area contributed by atoms with Crippen molar-refractivity contribution < 1.29 is 28.6 Å². The number of carbonyl (C=O) groups is 3. The molecule has 0 aromatic heterocycles. The second-order valence-corrected chi connectivity index (χ2v) is 22.4. The first-order valence-electron chi connectivity index (χ1n) is 34.0. The molecule has 0 saturated carbocycles. The Bertz CT molecular complexity index is 1670. The molecule has 0 rings (SSSR count). The van der Waals surface area contributed by atoms with E-state index in [1.165, 1.54) is 148 Å². The monoisotopic (exact) mass is 1120 g/mol. The first-order chi connectivity index (χ1) is 40.0. The predicted octanol–water partition coefficient (Wildman–Crippen LogP) is 23.6. The highest BCUT2D eigenvalue weighted by Crippen LogP contribution is 2.16. The Morgan fingerprint density at radius 1 is 0.259 bits per heavy atom. The normalized spacial score (nSPS) is 12.9. The Morgan fingerprint density at radius 2 is 0.481 bits per heavy atom. The molecule has 0 radical (unpaired) electrons. The van der Waals surface area contributed by atoms with E-state index in [0.29, 0.717) is 19.3 Å². The van der Waals surface area contributed by atoms with Crippen molar-refractivity contribution in [3.8, 4) is 0 Å². The van der Waals surface area contributed by atoms with Crippen molar-refractivity contribution in [3.63, 3.8) is 0 Å². The Labute approximate surface area is 501 Å². The topological polar surface area (TPSA) is 78.9 Å². The van der Waals surface area contributed by atoms with Gasteiger partial charge in [0.2, 0.25) is 0 Å². The third-order valence-electron chi connectivity index (χ3n) is 14.5. The lowest BCUT2D eigenvalue weighted by molar-refractivity contribution is -0.167. The van der Waals surface area contributed by atoms with Gasteiger partial charge in [0.15, 0.2) is 6.10 Å². The molecule has 1 atom stereocenters. The smallest absolute Gasteiger partial charge is 0.306 e. The van der Waals surface area contributed by atoms with E-state index in [1.807, 2.05) is 0 Å². The van der Waals surface area contributed by atoms with Crippen molar-refractivity contribution in [1.82, 2.24) is 0 Å². The van der Waals surface area contributed by atoms with Gasteiger partial charge < -0.3 is 14.2 Å². The van der Waals surface area contributed by atoms with Gasteiger partial charge >= 0.3 is 17.9 Å². The average Bonchev–Trinajstić information content (AvgIpc) is 3.46. The van der Waals surface area contributed by atoms with Gasteiger partial charge in [0, 0.05) is 19.3 Å². The van der Waals surface area contributed by atoms with E-state index in [-0.39, 0.29) is 31.1 Å². The highest BCUT2D eigenvalue weighted by Gasteiger charge is 2.19. The van der Waals surface area contributed by atoms with Crippen molar-refractivity contribution in [3.05, 3.63) is 122 Å². The van der Waals surface area contributed by atoms with Gasteiger partial charge in [0.25, 0.3) is 0 Å². The maximum absolute atomic E-state index is 12.9. The summed E-state index contributed by atoms with van der Waals surface area (Å²) in [5, 5.41) is 0. The van der Waals surface area contributed by atoms with Crippen molar-refractivity contribution >= 4 is 17.9 Å². The second kappa shape index (κ2) is 68.3. The van der Waals surface area contributed by atoms with Crippen LogP contribution in [0.4, 0.5) is 0 Å². The molecule has 6 heteroatoms. The molecule has 0 fully saturated rings. The van der Waals surface area contributed by atoms with Crippen LogP contribution in [0.15, 0.2) is 122 Å². The predicted molar refractivity (Wildman–Crippen MR) is 353 cm³/mol. The molecule has 0 aliphatic heterocycles. The zero-order valence-corrected chi connectivity index (χ0v) is 53.0. The minimum Gasteiger partial charge on any atom is -0.462 e. The molecule has 0 aromatic carbocycles. The van der Waals surface area contributed by atoms with Crippen LogP contribution in [0.3, 0.4) is 0 Å². The van der Waals surface area contributed by atoms with Crippen LogP contribution in [0, 0.1) is 0 Å². The summed E-state index contributed by atoms with van der Waals surface area (Å²) in [4.78, 5) is 38.4. The zero-order chi connectivity index (χ0) is 58.5. The van der Waals surface area contributed by atoms with Crippen LogP contribution in [0.5, 0.6) is 0 Å². The van der Waals surface area contributed by atoms with Gasteiger partial charge in [-0.2, -0.15) is 0 Å². The Morgan fingerprint density at radius 3 is 0.753 bits per heavy atom. The quantitative estimate of drug-likeness (QED) is 0.0261. The average molecular weight is 1120 g/mol. The molecule has 6 nitrogen and oxygen atoms in total. The molecular formula is C75H126O6. The lowest BCUT2D eigenvalue weighted by Crippen LogP contribution is -2.30. The molecule has 81 heavy (non-hydrogen) atoms. The first kappa shape index (κ1) is 76.8. The molecule has 0 aliphatic carbocycles. The second-order valence-electron chi connectivity index (χ2n) is 22.4. The van der Waals surface area contributed by atoms with E-state index in [1.54, 1.807) is 0 Å². The molecule has 1 unspecified atom stereocenters. The molecule has 0 amide bonds. The van der Waals surface area contributed by atoms with Crippen molar-refractivity contribution in [2.45, 2.75) is 322 Å². The van der Waals surface area contributed by atoms with Crippen molar-refractivity contribution in [2.75, 3.05) is 13.2 Å². The van der Waals surface area contributed by atoms with E-state index in [4.69, 9.17) is 14.2 Å². The third kappa shape index (κ3) is 66.5. The van der Waals surface area contributed by atoms with Gasteiger partial charge in [-0.15, -0.1) is 0 Å². The minimum absolute atomic E-state index is 0.0873. The van der Waals surface area contributed by atoms with Crippen molar-refractivity contribution in [2.24, 2.45) is 0 Å². The van der Waals surface area contributed by atoms with Crippen LogP contribution in [0.25, 0.3) is 0 Å². The maximum atomic E-state index is 12.9. The van der Waals surface area contributed by atoms with Crippen LogP contribution >= 0.6 is 0 Å². The summed E-state index contributed by atoms with van der Waals surface area (Å²) in [6.45, 7) is 6.52. The summed E-state index contributed by atoms with van der Waals surface area (Å²) in [7, 11) is 0. The number of carbonyl (C=O) groups excluding carboxylic acids is 3. The lowest BCUT2D eigenvalue weighted by atomic mass is 10.0. The van der Waals surface area contributed by atoms with E-state index >= 15 is 0 Å². The summed E-state index contributed by atoms with van der Waals surface area (Å²) in [6.07, 6.45) is 94.9. The molecular weight excluding hydrogens is 997 g/mol. The summed E-state index contributed by atoms with van der Waals surface area (Å²) in [6, 6.07) is 0. The highest BCUT2D eigenvalue weighted by molar-refractivity contribution is 5.71. The number of hydrogen-bond acceptors (Lipinski definition) is 6. The molecule has 0 N–H and O–H groups in total. The fourth-order valence-corrected chi connectivity index (χ4v) is 9.37. The first-order valence-corrected chi connectivity index (χ1v) is 34.0. The number of unbranched alkanes of at least 4 members (excludes halogenated alkanes) is 30. The van der Waals surface area contributed by atoms with Gasteiger partial charge in [0.05, 0.1) is 0 Å². The fraction of sp³-hybridized carbons (Fsp3) is 0.693. The van der Waals surface area contributed by atoms with Gasteiger partial charge in [-0.1, -0.05) is 303 Å². The molecule has 0 saturated heterocycles. The molecule has 0 aromatic rings. The molecule has 0 spiro atoms. The Kier molecular flexibility index (Phi) is 64.8. The van der Waals surface area contributed by atoms with Crippen LogP contribution < -0.4 is 0 Å². The van der Waals surface area contributed by atoms with Crippen LogP contribution in [0.1, 0.15) is 316 Å². The summed E-state index contributed by atoms with van der Waals surface area (Å²) in [5.41, 5.74) is 0. The van der Waals surface area contributed by atoms with E-state index < -0.39 is 6.10 Å². The van der Waals surface area contributed by atoms with Crippen LogP contribution in [-0.2, 0) is 28.6 Å². The zero-order valence-electron chi connectivity index (χ0n) is 53.0. The Hall–Kier alpha value is -4.19. The number of allylic oxidation sites excluding steroid dienone is 20. The van der Waals surface area contributed by atoms with Crippen molar-refractivity contribution in [1.29, 1.82) is 0 Å². The number of esters is 3. The van der Waals surface area contributed by atoms with Crippen LogP contribution in [-0.4, -0.2) is 37.2 Å². The van der Waals surface area contributed by atoms with Crippen LogP contribution in [0.2, 0.25) is 0 Å². The number of rotatable bonds is 61. The number of hydrogen-bond donors (Lipinski definition) is 0. The van der Waals surface area contributed by atoms with E-state index in [9.17, 15) is 14.4 Å². The summed E-state index contributed by atoms with van der Waals surface area (Å²) in [5.74, 6) is -0.909. The van der Waals surface area contributed by atoms with E-state index in [0.717, 1.165) is 128 Å². The lowest BCUT2D eigenvalue weighted by Gasteiger charge is -2.18. The number of ether oxygens (including phenoxy) is 3. The van der Waals surface area contributed by atoms with Gasteiger partial charge in [-0.25, -0.2) is 0 Å². The molecule has 0 aliphatic rings. The standard InChI is InChI=1S/C75H126O6/c1-4-7-10-13-16-19-22-25-27-29-31-33-34-35-36-37-38-39-40-42-43-45-47-50-53-56-59-62-65-68-74(77)80-71-72(70-79-73(76)67-64-61-58-55-52-49-24-21-18-15-12-9-6-3)81-75(78)69-66-63-60-57-54-51-48-46-44-41-32-30-28-26-23-20-17-14-11-8-5-2/h7,10,16,19,23,25-27,30-33,35-36,38-39,42-43,47,50,72H,4-6,8-9,11-15,17-18,20-22,24,28-29,34,37,40-41,44-46,48-49,51-71H2,1-3H3/b10-7-,19-16-,26-23-,27-25-,32-30-,33-31-,36-35-,39-38-,43-42-,50-47-. The molecule has 462 valence electrons. The molecule has 0 bridgehead atoms. The van der Waals surface area contributed by atoms with Gasteiger partial charge in [-0.3, -0.25) is 14.4 Å². The third-order valence-corrected chi connectivity index (χ3v) is 14.5. The summed E-state index contributed by atoms with van der Waals surface area (Å²) < 4.78 is 16.9.